The van der Waals surface area contributed by atoms with E-state index < -0.39 is 0 Å². The van der Waals surface area contributed by atoms with Crippen molar-refractivity contribution in [2.24, 2.45) is 5.92 Å². The second kappa shape index (κ2) is 9.03. The van der Waals surface area contributed by atoms with Gasteiger partial charge in [0.25, 0.3) is 0 Å². The average Bonchev–Trinajstić information content (AvgIpc) is 2.56. The normalized spacial score (nSPS) is 13.7. The summed E-state index contributed by atoms with van der Waals surface area (Å²) in [6.45, 7) is 9.24. The Bertz CT molecular complexity index is 568. The minimum absolute atomic E-state index is 0.116. The van der Waals surface area contributed by atoms with Crippen molar-refractivity contribution >= 4 is 5.97 Å². The van der Waals surface area contributed by atoms with E-state index in [-0.39, 0.29) is 18.0 Å². The van der Waals surface area contributed by atoms with E-state index in [2.05, 4.69) is 0 Å². The van der Waals surface area contributed by atoms with E-state index in [1.807, 2.05) is 45.0 Å². The van der Waals surface area contributed by atoms with Crippen LogP contribution in [0.3, 0.4) is 0 Å². The molecule has 1 aromatic rings. The molecule has 0 bridgehead atoms. The predicted octanol–water partition coefficient (Wildman–Crippen LogP) is 4.78. The van der Waals surface area contributed by atoms with Crippen LogP contribution in [0, 0.1) is 5.92 Å². The van der Waals surface area contributed by atoms with Gasteiger partial charge in [-0.3, -0.25) is 4.79 Å². The smallest absolute Gasteiger partial charge is 0.313 e. The molecule has 4 nitrogen and oxygen atoms in total. The Hall–Kier alpha value is -2.23. The van der Waals surface area contributed by atoms with Crippen molar-refractivity contribution in [2.45, 2.75) is 40.7 Å². The zero-order valence-electron chi connectivity index (χ0n) is 14.8. The molecule has 0 aliphatic carbocycles. The summed E-state index contributed by atoms with van der Waals surface area (Å²) < 4.78 is 16.2. The van der Waals surface area contributed by atoms with Gasteiger partial charge < -0.3 is 14.2 Å². The van der Waals surface area contributed by atoms with Crippen LogP contribution in [0.4, 0.5) is 0 Å². The minimum Gasteiger partial charge on any atom is -0.497 e. The highest BCUT2D eigenvalue weighted by atomic mass is 16.5. The fourth-order valence-electron chi connectivity index (χ4n) is 1.81. The van der Waals surface area contributed by atoms with Crippen molar-refractivity contribution in [3.8, 4) is 5.75 Å². The number of hydrogen-bond donors (Lipinski definition) is 0. The molecule has 0 aliphatic heterocycles. The highest BCUT2D eigenvalue weighted by molar-refractivity contribution is 5.73. The molecule has 23 heavy (non-hydrogen) atoms. The van der Waals surface area contributed by atoms with E-state index >= 15 is 0 Å². The van der Waals surface area contributed by atoms with Crippen molar-refractivity contribution in [3.05, 3.63) is 53.5 Å². The first-order valence-corrected chi connectivity index (χ1v) is 7.73. The molecule has 1 rings (SSSR count). The highest BCUT2D eigenvalue weighted by Crippen LogP contribution is 2.22. The Labute approximate surface area is 138 Å². The van der Waals surface area contributed by atoms with Crippen LogP contribution in [0.5, 0.6) is 5.75 Å². The molecule has 0 N–H and O–H groups in total. The maximum Gasteiger partial charge on any atom is 0.313 e. The monoisotopic (exact) mass is 318 g/mol. The Balaban J connectivity index is 2.71. The predicted molar refractivity (Wildman–Crippen MR) is 90.9 cm³/mol. The molecule has 0 radical (unpaired) electrons. The number of carbonyl (C=O) groups excluding carboxylic acids is 1. The number of ether oxygens (including phenoxy) is 3. The lowest BCUT2D eigenvalue weighted by Crippen LogP contribution is -2.12. The van der Waals surface area contributed by atoms with Crippen LogP contribution in [0.25, 0.3) is 0 Å². The second-order valence-corrected chi connectivity index (χ2v) is 5.58. The molecule has 126 valence electrons. The number of carbonyl (C=O) groups is 1. The molecule has 0 heterocycles. The number of esters is 1. The van der Waals surface area contributed by atoms with Gasteiger partial charge in [-0.15, -0.1) is 0 Å². The summed E-state index contributed by atoms with van der Waals surface area (Å²) in [6, 6.07) is 7.71. The van der Waals surface area contributed by atoms with Crippen LogP contribution in [0.1, 0.15) is 46.3 Å². The molecule has 0 aliphatic rings. The quantitative estimate of drug-likeness (QED) is 0.412. The van der Waals surface area contributed by atoms with Gasteiger partial charge in [0.1, 0.15) is 17.6 Å². The van der Waals surface area contributed by atoms with Gasteiger partial charge in [0, 0.05) is 5.57 Å². The molecule has 1 aromatic carbocycles. The third-order valence-corrected chi connectivity index (χ3v) is 3.37. The Morgan fingerprint density at radius 3 is 2.22 bits per heavy atom. The minimum atomic E-state index is -0.256. The fourth-order valence-corrected chi connectivity index (χ4v) is 1.81. The van der Waals surface area contributed by atoms with E-state index in [0.29, 0.717) is 5.76 Å². The van der Waals surface area contributed by atoms with E-state index in [1.54, 1.807) is 33.3 Å². The van der Waals surface area contributed by atoms with Gasteiger partial charge in [0.05, 0.1) is 19.3 Å². The Kier molecular flexibility index (Phi) is 7.39. The maximum absolute atomic E-state index is 11.7. The third kappa shape index (κ3) is 5.81. The summed E-state index contributed by atoms with van der Waals surface area (Å²) in [4.78, 5) is 11.7. The second-order valence-electron chi connectivity index (χ2n) is 5.58. The summed E-state index contributed by atoms with van der Waals surface area (Å²) in [5.74, 6) is 0.904. The molecule has 4 heteroatoms. The molecule has 0 saturated carbocycles. The average molecular weight is 318 g/mol. The molecule has 0 spiro atoms. The SMILES string of the molecule is C/C=C(OC(=O)C(C)C)/C(C)=C/O[C@H](C)c1ccc(OC)cc1. The van der Waals surface area contributed by atoms with Gasteiger partial charge in [-0.1, -0.05) is 26.0 Å². The van der Waals surface area contributed by atoms with Crippen LogP contribution in [-0.4, -0.2) is 13.1 Å². The van der Waals surface area contributed by atoms with Crippen molar-refractivity contribution in [1.82, 2.24) is 0 Å². The lowest BCUT2D eigenvalue weighted by molar-refractivity contribution is -0.142. The molecule has 0 unspecified atom stereocenters. The van der Waals surface area contributed by atoms with Crippen LogP contribution in [0.2, 0.25) is 0 Å². The van der Waals surface area contributed by atoms with Crippen molar-refractivity contribution in [1.29, 1.82) is 0 Å². The van der Waals surface area contributed by atoms with Gasteiger partial charge in [-0.05, 0) is 44.5 Å². The van der Waals surface area contributed by atoms with E-state index in [0.717, 1.165) is 16.9 Å². The Morgan fingerprint density at radius 2 is 1.74 bits per heavy atom. The van der Waals surface area contributed by atoms with Gasteiger partial charge in [0.15, 0.2) is 0 Å². The molecular formula is C19H26O4. The number of methoxy groups -OCH3 is 1. The zero-order valence-corrected chi connectivity index (χ0v) is 14.8. The summed E-state index contributed by atoms with van der Waals surface area (Å²) in [7, 11) is 1.64. The van der Waals surface area contributed by atoms with Crippen molar-refractivity contribution in [2.75, 3.05) is 7.11 Å². The molecular weight excluding hydrogens is 292 g/mol. The number of benzene rings is 1. The summed E-state index contributed by atoms with van der Waals surface area (Å²) in [5.41, 5.74) is 1.80. The highest BCUT2D eigenvalue weighted by Gasteiger charge is 2.13. The summed E-state index contributed by atoms with van der Waals surface area (Å²) in [6.07, 6.45) is 3.26. The third-order valence-electron chi connectivity index (χ3n) is 3.37. The molecule has 0 amide bonds. The number of rotatable bonds is 7. The van der Waals surface area contributed by atoms with Gasteiger partial charge in [-0.25, -0.2) is 0 Å². The lowest BCUT2D eigenvalue weighted by Gasteiger charge is -2.15. The zero-order chi connectivity index (χ0) is 17.4. The van der Waals surface area contributed by atoms with Crippen LogP contribution >= 0.6 is 0 Å². The van der Waals surface area contributed by atoms with Crippen LogP contribution in [0.15, 0.2) is 47.9 Å². The maximum atomic E-state index is 11.7. The van der Waals surface area contributed by atoms with E-state index in [1.165, 1.54) is 0 Å². The van der Waals surface area contributed by atoms with Gasteiger partial charge in [0.2, 0.25) is 0 Å². The lowest BCUT2D eigenvalue weighted by atomic mass is 10.1. The summed E-state index contributed by atoms with van der Waals surface area (Å²) >= 11 is 0. The molecule has 0 saturated heterocycles. The molecule has 0 fully saturated rings. The van der Waals surface area contributed by atoms with Gasteiger partial charge >= 0.3 is 5.97 Å². The van der Waals surface area contributed by atoms with Crippen molar-refractivity contribution in [3.63, 3.8) is 0 Å². The Morgan fingerprint density at radius 1 is 1.13 bits per heavy atom. The largest absolute Gasteiger partial charge is 0.497 e. The first-order chi connectivity index (χ1) is 10.9. The number of allylic oxidation sites excluding steroid dienone is 2. The standard InChI is InChI=1S/C19H26O4/c1-7-18(23-19(20)13(2)3)14(4)12-22-15(5)16-8-10-17(21-6)11-9-16/h7-13,15H,1-6H3/b14-12+,18-7-/t15-/m1/s1. The molecule has 0 aromatic heterocycles. The summed E-state index contributed by atoms with van der Waals surface area (Å²) in [5, 5.41) is 0. The fraction of sp³-hybridized carbons (Fsp3) is 0.421. The van der Waals surface area contributed by atoms with E-state index in [9.17, 15) is 4.79 Å². The van der Waals surface area contributed by atoms with Crippen molar-refractivity contribution < 1.29 is 19.0 Å². The molecule has 1 atom stereocenters. The van der Waals surface area contributed by atoms with Gasteiger partial charge in [-0.2, -0.15) is 0 Å². The topological polar surface area (TPSA) is 44.8 Å². The first kappa shape index (κ1) is 18.8. The van der Waals surface area contributed by atoms with E-state index in [4.69, 9.17) is 14.2 Å². The number of hydrogen-bond acceptors (Lipinski definition) is 4. The van der Waals surface area contributed by atoms with Crippen LogP contribution < -0.4 is 4.74 Å². The van der Waals surface area contributed by atoms with Crippen LogP contribution in [-0.2, 0) is 14.3 Å². The first-order valence-electron chi connectivity index (χ1n) is 7.73.